The summed E-state index contributed by atoms with van der Waals surface area (Å²) in [7, 11) is 0. The van der Waals surface area contributed by atoms with Crippen molar-refractivity contribution >= 4 is 38.9 Å². The molecule has 0 spiro atoms. The third-order valence-electron chi connectivity index (χ3n) is 3.93. The van der Waals surface area contributed by atoms with Crippen LogP contribution in [0.25, 0.3) is 0 Å². The van der Waals surface area contributed by atoms with E-state index >= 15 is 0 Å². The second kappa shape index (κ2) is 5.82. The van der Waals surface area contributed by atoms with Crippen LogP contribution in [0.5, 0.6) is 0 Å². The molecule has 18 heavy (non-hydrogen) atoms. The van der Waals surface area contributed by atoms with Crippen LogP contribution < -0.4 is 0 Å². The highest BCUT2D eigenvalue weighted by atomic mass is 79.9. The highest BCUT2D eigenvalue weighted by Crippen LogP contribution is 2.53. The molecule has 0 saturated heterocycles. The van der Waals surface area contributed by atoms with Crippen molar-refractivity contribution in [2.45, 2.75) is 52.1 Å². The number of aliphatic hydroxyl groups is 1. The molecular weight excluding hydrogens is 332 g/mol. The van der Waals surface area contributed by atoms with Crippen LogP contribution in [-0.4, -0.2) is 5.11 Å². The van der Waals surface area contributed by atoms with Gasteiger partial charge >= 0.3 is 0 Å². The molecule has 0 aliphatic heterocycles. The van der Waals surface area contributed by atoms with E-state index in [2.05, 4.69) is 29.8 Å². The summed E-state index contributed by atoms with van der Waals surface area (Å²) in [6.45, 7) is 4.48. The number of aliphatic hydroxyl groups excluding tert-OH is 1. The Kier molecular flexibility index (Phi) is 4.80. The topological polar surface area (TPSA) is 20.2 Å². The molecule has 0 radical (unpaired) electrons. The van der Waals surface area contributed by atoms with E-state index in [1.165, 1.54) is 12.8 Å². The Hall–Kier alpha value is 0.430. The van der Waals surface area contributed by atoms with Crippen molar-refractivity contribution in [3.63, 3.8) is 0 Å². The number of thiophene rings is 1. The van der Waals surface area contributed by atoms with Gasteiger partial charge < -0.3 is 5.11 Å². The Labute approximate surface area is 127 Å². The fourth-order valence-corrected chi connectivity index (χ4v) is 5.16. The van der Waals surface area contributed by atoms with Crippen LogP contribution in [0.1, 0.15) is 56.9 Å². The summed E-state index contributed by atoms with van der Waals surface area (Å²) in [6, 6.07) is 1.92. The van der Waals surface area contributed by atoms with Gasteiger partial charge in [-0.1, -0.05) is 38.3 Å². The summed E-state index contributed by atoms with van der Waals surface area (Å²) in [5.41, 5.74) is 0.0712. The van der Waals surface area contributed by atoms with Gasteiger partial charge in [0, 0.05) is 10.3 Å². The van der Waals surface area contributed by atoms with Crippen LogP contribution in [0.4, 0.5) is 0 Å². The van der Waals surface area contributed by atoms with E-state index < -0.39 is 0 Å². The van der Waals surface area contributed by atoms with Crippen LogP contribution in [0, 0.1) is 11.3 Å². The molecule has 0 bridgehead atoms. The Morgan fingerprint density at radius 3 is 2.50 bits per heavy atom. The van der Waals surface area contributed by atoms with E-state index in [0.717, 1.165) is 27.9 Å². The van der Waals surface area contributed by atoms with Gasteiger partial charge in [-0.3, -0.25) is 0 Å². The molecule has 0 aromatic carbocycles. The average Bonchev–Trinajstić information content (AvgIpc) is 2.86. The number of rotatable bonds is 4. The second-order valence-electron chi connectivity index (χ2n) is 5.84. The van der Waals surface area contributed by atoms with Crippen LogP contribution in [0.15, 0.2) is 9.85 Å². The Bertz CT molecular complexity index is 390. The average molecular weight is 352 g/mol. The lowest BCUT2D eigenvalue weighted by Gasteiger charge is -2.35. The number of halogens is 2. The first kappa shape index (κ1) is 14.8. The van der Waals surface area contributed by atoms with Crippen molar-refractivity contribution < 1.29 is 5.11 Å². The van der Waals surface area contributed by atoms with Gasteiger partial charge in [-0.2, -0.15) is 0 Å². The molecule has 1 saturated carbocycles. The maximum Gasteiger partial charge on any atom is 0.0938 e. The van der Waals surface area contributed by atoms with E-state index in [9.17, 15) is 5.11 Å². The first-order chi connectivity index (χ1) is 8.44. The summed E-state index contributed by atoms with van der Waals surface area (Å²) in [6.07, 6.45) is 5.49. The van der Waals surface area contributed by atoms with Crippen molar-refractivity contribution in [3.05, 3.63) is 19.8 Å². The molecule has 1 aromatic rings. The highest BCUT2D eigenvalue weighted by molar-refractivity contribution is 9.11. The maximum absolute atomic E-state index is 10.8. The van der Waals surface area contributed by atoms with E-state index in [-0.39, 0.29) is 11.5 Å². The van der Waals surface area contributed by atoms with Crippen LogP contribution in [0.3, 0.4) is 0 Å². The van der Waals surface area contributed by atoms with Crippen molar-refractivity contribution in [2.75, 3.05) is 0 Å². The monoisotopic (exact) mass is 350 g/mol. The first-order valence-corrected chi connectivity index (χ1v) is 8.56. The first-order valence-electron chi connectivity index (χ1n) is 6.57. The fourth-order valence-electron chi connectivity index (χ4n) is 3.28. The molecule has 102 valence electrons. The zero-order chi connectivity index (χ0) is 13.3. The van der Waals surface area contributed by atoms with E-state index in [1.807, 2.05) is 6.07 Å². The Morgan fingerprint density at radius 1 is 1.44 bits per heavy atom. The highest BCUT2D eigenvalue weighted by Gasteiger charge is 2.42. The van der Waals surface area contributed by atoms with Crippen LogP contribution >= 0.6 is 38.9 Å². The van der Waals surface area contributed by atoms with E-state index in [1.54, 1.807) is 11.3 Å². The maximum atomic E-state index is 10.8. The molecule has 1 fully saturated rings. The van der Waals surface area contributed by atoms with Gasteiger partial charge in [0.25, 0.3) is 0 Å². The lowest BCUT2D eigenvalue weighted by molar-refractivity contribution is 0.0138. The predicted octanol–water partition coefficient (Wildman–Crippen LogP) is 5.80. The Morgan fingerprint density at radius 2 is 2.06 bits per heavy atom. The summed E-state index contributed by atoms with van der Waals surface area (Å²) < 4.78 is 0.927. The molecule has 1 aromatic heterocycles. The van der Waals surface area contributed by atoms with Gasteiger partial charge in [0.2, 0.25) is 0 Å². The quantitative estimate of drug-likeness (QED) is 0.726. The lowest BCUT2D eigenvalue weighted by atomic mass is 9.73. The van der Waals surface area contributed by atoms with Gasteiger partial charge in [0.15, 0.2) is 0 Å². The van der Waals surface area contributed by atoms with Crippen molar-refractivity contribution in [1.29, 1.82) is 0 Å². The van der Waals surface area contributed by atoms with Gasteiger partial charge in [0.05, 0.1) is 14.9 Å². The van der Waals surface area contributed by atoms with E-state index in [0.29, 0.717) is 10.9 Å². The minimum Gasteiger partial charge on any atom is -0.387 e. The van der Waals surface area contributed by atoms with Gasteiger partial charge in [-0.25, -0.2) is 0 Å². The van der Waals surface area contributed by atoms with E-state index in [4.69, 9.17) is 11.6 Å². The summed E-state index contributed by atoms with van der Waals surface area (Å²) in [5, 5.41) is 11.5. The summed E-state index contributed by atoms with van der Waals surface area (Å²) in [5.74, 6) is 0.622. The van der Waals surface area contributed by atoms with Crippen molar-refractivity contribution in [1.82, 2.24) is 0 Å². The third kappa shape index (κ3) is 2.95. The second-order valence-corrected chi connectivity index (χ2v) is 8.65. The van der Waals surface area contributed by atoms with Crippen molar-refractivity contribution in [2.24, 2.45) is 11.3 Å². The zero-order valence-corrected chi connectivity index (χ0v) is 14.0. The molecule has 4 heteroatoms. The molecule has 1 aliphatic rings. The standard InChI is InChI=1S/C14H20BrClOS/c1-9(2)8-14(5-3-4-6-14)12(17)11-7-10(16)13(15)18-11/h7,9,12,17H,3-6,8H2,1-2H3. The molecule has 1 N–H and O–H groups in total. The molecule has 1 heterocycles. The normalized spacial score (nSPS) is 20.6. The SMILES string of the molecule is CC(C)CC1(C(O)c2cc(Cl)c(Br)s2)CCCC1. The smallest absolute Gasteiger partial charge is 0.0938 e. The number of hydrogen-bond donors (Lipinski definition) is 1. The predicted molar refractivity (Wildman–Crippen MR) is 82.3 cm³/mol. The summed E-state index contributed by atoms with van der Waals surface area (Å²) >= 11 is 11.1. The summed E-state index contributed by atoms with van der Waals surface area (Å²) in [4.78, 5) is 1.01. The van der Waals surface area contributed by atoms with Crippen LogP contribution in [0.2, 0.25) is 5.02 Å². The van der Waals surface area contributed by atoms with Gasteiger partial charge in [-0.15, -0.1) is 11.3 Å². The zero-order valence-electron chi connectivity index (χ0n) is 10.9. The minimum absolute atomic E-state index is 0.0712. The molecule has 2 rings (SSSR count). The van der Waals surface area contributed by atoms with Gasteiger partial charge in [0.1, 0.15) is 0 Å². The Balaban J connectivity index is 2.25. The molecule has 1 aliphatic carbocycles. The van der Waals surface area contributed by atoms with Gasteiger partial charge in [-0.05, 0) is 47.2 Å². The largest absolute Gasteiger partial charge is 0.387 e. The van der Waals surface area contributed by atoms with Crippen LogP contribution in [-0.2, 0) is 0 Å². The van der Waals surface area contributed by atoms with Crippen molar-refractivity contribution in [3.8, 4) is 0 Å². The minimum atomic E-state index is -0.365. The third-order valence-corrected chi connectivity index (χ3v) is 6.46. The molecule has 1 unspecified atom stereocenters. The number of hydrogen-bond acceptors (Lipinski definition) is 2. The fraction of sp³-hybridized carbons (Fsp3) is 0.714. The molecular formula is C14H20BrClOS. The molecule has 1 atom stereocenters. The molecule has 0 amide bonds. The molecule has 1 nitrogen and oxygen atoms in total. The lowest BCUT2D eigenvalue weighted by Crippen LogP contribution is -2.27.